The van der Waals surface area contributed by atoms with Crippen molar-refractivity contribution >= 4 is 28.4 Å². The Bertz CT molecular complexity index is 1280. The molecular formula is C25H29FN6O3. The lowest BCUT2D eigenvalue weighted by Gasteiger charge is -2.28. The fourth-order valence-electron chi connectivity index (χ4n) is 5.14. The first-order valence-electron chi connectivity index (χ1n) is 11.9. The highest BCUT2D eigenvalue weighted by Crippen LogP contribution is 2.38. The van der Waals surface area contributed by atoms with E-state index in [4.69, 9.17) is 4.74 Å². The Balaban J connectivity index is 1.47. The monoisotopic (exact) mass is 480 g/mol. The van der Waals surface area contributed by atoms with Gasteiger partial charge in [-0.1, -0.05) is 11.3 Å². The summed E-state index contributed by atoms with van der Waals surface area (Å²) in [6.45, 7) is 3.22. The molecule has 2 aliphatic rings. The summed E-state index contributed by atoms with van der Waals surface area (Å²) in [4.78, 5) is 32.0. The fourth-order valence-corrected chi connectivity index (χ4v) is 5.14. The number of carbonyl (C=O) groups is 2. The van der Waals surface area contributed by atoms with Crippen molar-refractivity contribution in [2.45, 2.75) is 31.7 Å². The van der Waals surface area contributed by atoms with E-state index in [2.05, 4.69) is 27.2 Å². The predicted molar refractivity (Wildman–Crippen MR) is 128 cm³/mol. The summed E-state index contributed by atoms with van der Waals surface area (Å²) < 4.78 is 22.4. The summed E-state index contributed by atoms with van der Waals surface area (Å²) >= 11 is 0. The van der Waals surface area contributed by atoms with Crippen molar-refractivity contribution in [1.82, 2.24) is 29.8 Å². The highest BCUT2D eigenvalue weighted by molar-refractivity contribution is 5.98. The van der Waals surface area contributed by atoms with Crippen LogP contribution in [0, 0.1) is 5.82 Å². The Morgan fingerprint density at radius 2 is 2.14 bits per heavy atom. The zero-order valence-electron chi connectivity index (χ0n) is 20.0. The minimum Gasteiger partial charge on any atom is -0.464 e. The van der Waals surface area contributed by atoms with Crippen molar-refractivity contribution in [3.05, 3.63) is 53.2 Å². The van der Waals surface area contributed by atoms with Gasteiger partial charge in [-0.15, -0.1) is 5.10 Å². The van der Waals surface area contributed by atoms with Gasteiger partial charge in [-0.05, 0) is 55.6 Å². The number of ether oxygens (including phenoxy) is 1. The van der Waals surface area contributed by atoms with Gasteiger partial charge in [-0.25, -0.2) is 9.18 Å². The zero-order valence-corrected chi connectivity index (χ0v) is 20.0. The molecule has 1 saturated heterocycles. The van der Waals surface area contributed by atoms with E-state index in [1.165, 1.54) is 7.11 Å². The molecule has 9 nitrogen and oxygen atoms in total. The third kappa shape index (κ3) is 4.58. The van der Waals surface area contributed by atoms with E-state index in [0.717, 1.165) is 30.6 Å². The smallest absolute Gasteiger partial charge is 0.354 e. The van der Waals surface area contributed by atoms with Crippen molar-refractivity contribution in [1.29, 1.82) is 0 Å². The molecule has 1 atom stereocenters. The second-order valence-corrected chi connectivity index (χ2v) is 9.29. The Morgan fingerprint density at radius 1 is 1.29 bits per heavy atom. The van der Waals surface area contributed by atoms with Crippen molar-refractivity contribution in [2.75, 3.05) is 40.3 Å². The maximum absolute atomic E-state index is 15.9. The van der Waals surface area contributed by atoms with E-state index < -0.39 is 11.8 Å². The molecule has 5 rings (SSSR count). The molecule has 10 heteroatoms. The molecule has 0 saturated carbocycles. The number of H-pyrrole nitrogens is 1. The van der Waals surface area contributed by atoms with Gasteiger partial charge in [-0.3, -0.25) is 9.48 Å². The van der Waals surface area contributed by atoms with Crippen LogP contribution in [0.5, 0.6) is 0 Å². The molecule has 2 aliphatic heterocycles. The van der Waals surface area contributed by atoms with E-state index >= 15 is 4.39 Å². The van der Waals surface area contributed by atoms with Gasteiger partial charge in [0.15, 0.2) is 5.82 Å². The number of likely N-dealkylation sites (tertiary alicyclic amines) is 1. The molecule has 2 aromatic heterocycles. The van der Waals surface area contributed by atoms with Gasteiger partial charge in [0.05, 0.1) is 25.4 Å². The number of amides is 1. The van der Waals surface area contributed by atoms with Crippen molar-refractivity contribution in [2.24, 2.45) is 0 Å². The molecule has 4 heterocycles. The summed E-state index contributed by atoms with van der Waals surface area (Å²) in [5.74, 6) is -0.711. The van der Waals surface area contributed by atoms with Crippen molar-refractivity contribution in [3.63, 3.8) is 0 Å². The summed E-state index contributed by atoms with van der Waals surface area (Å²) in [5.41, 5.74) is 2.82. The van der Waals surface area contributed by atoms with Crippen LogP contribution in [-0.2, 0) is 16.1 Å². The summed E-state index contributed by atoms with van der Waals surface area (Å²) in [7, 11) is 3.38. The number of nitrogens with zero attached hydrogens (tertiary/aromatic N) is 5. The normalized spacial score (nSPS) is 18.8. The third-order valence-electron chi connectivity index (χ3n) is 7.00. The van der Waals surface area contributed by atoms with E-state index in [-0.39, 0.29) is 17.5 Å². The lowest BCUT2D eigenvalue weighted by atomic mass is 9.89. The number of halogens is 1. The quantitative estimate of drug-likeness (QED) is 0.545. The molecule has 35 heavy (non-hydrogen) atoms. The van der Waals surface area contributed by atoms with Gasteiger partial charge in [0, 0.05) is 43.2 Å². The van der Waals surface area contributed by atoms with Crippen LogP contribution >= 0.6 is 0 Å². The number of aromatic nitrogens is 4. The van der Waals surface area contributed by atoms with Crippen LogP contribution in [-0.4, -0.2) is 82.0 Å². The van der Waals surface area contributed by atoms with Gasteiger partial charge in [0.25, 0.3) is 0 Å². The second-order valence-electron chi connectivity index (χ2n) is 9.29. The first kappa shape index (κ1) is 23.2. The number of carbonyl (C=O) groups excluding carboxylic acids is 2. The zero-order chi connectivity index (χ0) is 24.5. The Kier molecular flexibility index (Phi) is 6.38. The van der Waals surface area contributed by atoms with Crippen LogP contribution in [0.3, 0.4) is 0 Å². The van der Waals surface area contributed by atoms with Crippen LogP contribution in [0.25, 0.3) is 16.5 Å². The van der Waals surface area contributed by atoms with E-state index in [9.17, 15) is 9.59 Å². The molecular weight excluding hydrogens is 451 g/mol. The van der Waals surface area contributed by atoms with Crippen LogP contribution in [0.1, 0.15) is 46.8 Å². The maximum Gasteiger partial charge on any atom is 0.354 e. The van der Waals surface area contributed by atoms with Gasteiger partial charge in [0.2, 0.25) is 5.91 Å². The average Bonchev–Trinajstić information content (AvgIpc) is 3.64. The number of esters is 1. The SMILES string of the molecule is COC(=O)c1cc2c(C3CCN(C)C3)cc(C3=CCCN(C(=O)CCn4ccnn4)C3)c(F)c2[nH]1. The first-order chi connectivity index (χ1) is 16.9. The lowest BCUT2D eigenvalue weighted by molar-refractivity contribution is -0.131. The Labute approximate surface area is 202 Å². The number of methoxy groups -OCH3 is 1. The first-order valence-corrected chi connectivity index (χ1v) is 11.9. The minimum atomic E-state index is -0.530. The highest BCUT2D eigenvalue weighted by Gasteiger charge is 2.29. The van der Waals surface area contributed by atoms with Crippen LogP contribution in [0.4, 0.5) is 4.39 Å². The fraction of sp³-hybridized carbons (Fsp3) is 0.440. The molecule has 1 fully saturated rings. The topological polar surface area (TPSA) is 96.3 Å². The number of rotatable bonds is 6. The molecule has 184 valence electrons. The molecule has 0 spiro atoms. The van der Waals surface area contributed by atoms with E-state index in [0.29, 0.717) is 48.9 Å². The van der Waals surface area contributed by atoms with E-state index in [1.807, 2.05) is 12.1 Å². The molecule has 1 amide bonds. The third-order valence-corrected chi connectivity index (χ3v) is 7.00. The molecule has 1 N–H and O–H groups in total. The molecule has 1 unspecified atom stereocenters. The van der Waals surface area contributed by atoms with Gasteiger partial charge >= 0.3 is 5.97 Å². The number of likely N-dealkylation sites (N-methyl/N-ethyl adjacent to an activating group) is 1. The average molecular weight is 481 g/mol. The number of aromatic amines is 1. The minimum absolute atomic E-state index is 0.00178. The van der Waals surface area contributed by atoms with E-state index in [1.54, 1.807) is 28.0 Å². The van der Waals surface area contributed by atoms with Gasteiger partial charge < -0.3 is 19.5 Å². The number of nitrogens with one attached hydrogen (secondary N) is 1. The predicted octanol–water partition coefficient (Wildman–Crippen LogP) is 2.81. The number of aryl methyl sites for hydroxylation is 1. The Hall–Kier alpha value is -3.53. The summed E-state index contributed by atoms with van der Waals surface area (Å²) in [5, 5.41) is 8.38. The van der Waals surface area contributed by atoms with Gasteiger partial charge in [0.1, 0.15) is 5.69 Å². The molecule has 0 radical (unpaired) electrons. The van der Waals surface area contributed by atoms with Crippen molar-refractivity contribution < 1.29 is 18.7 Å². The summed E-state index contributed by atoms with van der Waals surface area (Å²) in [6, 6.07) is 3.61. The van der Waals surface area contributed by atoms with Crippen LogP contribution in [0.15, 0.2) is 30.6 Å². The van der Waals surface area contributed by atoms with Crippen LogP contribution in [0.2, 0.25) is 0 Å². The Morgan fingerprint density at radius 3 is 2.86 bits per heavy atom. The van der Waals surface area contributed by atoms with Gasteiger partial charge in [-0.2, -0.15) is 0 Å². The lowest BCUT2D eigenvalue weighted by Crippen LogP contribution is -2.36. The standard InChI is InChI=1S/C25H29FN6O3/c1-30-9-5-17(14-30)18-12-19(23(26)24-20(18)13-21(28-24)25(34)35-2)16-4-3-8-31(15-16)22(33)6-10-32-11-7-27-29-32/h4,7,11-13,17,28H,3,5-6,8-10,14-15H2,1-2H3. The summed E-state index contributed by atoms with van der Waals surface area (Å²) in [6.07, 6.45) is 7.23. The largest absolute Gasteiger partial charge is 0.464 e. The molecule has 1 aromatic carbocycles. The highest BCUT2D eigenvalue weighted by atomic mass is 19.1. The number of hydrogen-bond acceptors (Lipinski definition) is 6. The number of hydrogen-bond donors (Lipinski definition) is 1. The second kappa shape index (κ2) is 9.61. The number of fused-ring (bicyclic) bond motifs is 1. The maximum atomic E-state index is 15.9. The molecule has 3 aromatic rings. The van der Waals surface area contributed by atoms with Crippen LogP contribution < -0.4 is 0 Å². The molecule has 0 bridgehead atoms. The number of benzene rings is 1. The van der Waals surface area contributed by atoms with Crippen molar-refractivity contribution in [3.8, 4) is 0 Å². The molecule has 0 aliphatic carbocycles.